The number of ether oxygens (including phenoxy) is 6. The van der Waals surface area contributed by atoms with E-state index in [1.165, 1.54) is 0 Å². The molecule has 0 fully saturated rings. The van der Waals surface area contributed by atoms with E-state index in [1.54, 1.807) is 12.2 Å². The molecular formula is C37H48O8. The third-order valence-corrected chi connectivity index (χ3v) is 7.05. The van der Waals surface area contributed by atoms with Crippen LogP contribution in [0.4, 0.5) is 0 Å². The first-order chi connectivity index (χ1) is 21.9. The van der Waals surface area contributed by atoms with E-state index in [9.17, 15) is 9.59 Å². The number of rotatable bonds is 22. The van der Waals surface area contributed by atoms with Crippen LogP contribution in [0.25, 0.3) is 21.5 Å². The fourth-order valence-corrected chi connectivity index (χ4v) is 4.81. The lowest BCUT2D eigenvalue weighted by molar-refractivity contribution is -0.154. The lowest BCUT2D eigenvalue weighted by Gasteiger charge is -2.23. The molecule has 0 spiro atoms. The highest BCUT2D eigenvalue weighted by Gasteiger charge is 2.22. The highest BCUT2D eigenvalue weighted by Crippen LogP contribution is 2.43. The van der Waals surface area contributed by atoms with Gasteiger partial charge in [0, 0.05) is 34.4 Å². The third-order valence-electron chi connectivity index (χ3n) is 7.05. The average molecular weight is 621 g/mol. The van der Waals surface area contributed by atoms with Crippen molar-refractivity contribution in [2.45, 2.75) is 71.5 Å². The van der Waals surface area contributed by atoms with Crippen molar-refractivity contribution < 1.29 is 38.0 Å². The van der Waals surface area contributed by atoms with Crippen molar-refractivity contribution in [2.75, 3.05) is 39.6 Å². The number of esters is 2. The largest absolute Gasteiger partial charge is 0.488 e. The minimum Gasteiger partial charge on any atom is -0.488 e. The van der Waals surface area contributed by atoms with Gasteiger partial charge in [-0.25, -0.2) is 0 Å². The van der Waals surface area contributed by atoms with E-state index in [4.69, 9.17) is 28.4 Å². The molecule has 8 heteroatoms. The van der Waals surface area contributed by atoms with Crippen molar-refractivity contribution in [2.24, 2.45) is 0 Å². The molecule has 0 radical (unpaired) electrons. The fraction of sp³-hybridized carbons (Fsp3) is 0.459. The molecule has 0 aliphatic heterocycles. The number of fused-ring (bicyclic) bond motifs is 2. The molecule has 3 rings (SSSR count). The molecule has 0 amide bonds. The van der Waals surface area contributed by atoms with E-state index in [0.29, 0.717) is 37.6 Å². The van der Waals surface area contributed by atoms with Gasteiger partial charge >= 0.3 is 11.9 Å². The SMILES string of the molecule is C=CCOCC(COc1c2ccccc2c(OCC(COCC=C)OC(=O)CCCC)c2cc(C)ccc12)OC(=O)CCCC. The zero-order valence-electron chi connectivity index (χ0n) is 27.0. The molecule has 3 aromatic carbocycles. The molecule has 0 aliphatic rings. The van der Waals surface area contributed by atoms with Crippen molar-refractivity contribution >= 4 is 33.5 Å². The first-order valence-electron chi connectivity index (χ1n) is 15.9. The van der Waals surface area contributed by atoms with E-state index in [0.717, 1.165) is 52.8 Å². The number of hydrogen-bond acceptors (Lipinski definition) is 8. The van der Waals surface area contributed by atoms with E-state index in [-0.39, 0.29) is 38.4 Å². The van der Waals surface area contributed by atoms with Gasteiger partial charge < -0.3 is 28.4 Å². The number of benzene rings is 3. The maximum Gasteiger partial charge on any atom is 0.306 e. The van der Waals surface area contributed by atoms with Gasteiger partial charge in [-0.2, -0.15) is 0 Å². The highest BCUT2D eigenvalue weighted by molar-refractivity contribution is 6.11. The van der Waals surface area contributed by atoms with E-state index in [1.807, 2.05) is 57.2 Å². The van der Waals surface area contributed by atoms with Crippen LogP contribution in [0, 0.1) is 6.92 Å². The summed E-state index contributed by atoms with van der Waals surface area (Å²) >= 11 is 0. The second-order valence-corrected chi connectivity index (χ2v) is 11.0. The summed E-state index contributed by atoms with van der Waals surface area (Å²) in [5.74, 6) is 0.766. The molecule has 0 N–H and O–H groups in total. The van der Waals surface area contributed by atoms with Gasteiger partial charge in [-0.15, -0.1) is 13.2 Å². The lowest BCUT2D eigenvalue weighted by atomic mass is 9.99. The molecule has 45 heavy (non-hydrogen) atoms. The monoisotopic (exact) mass is 620 g/mol. The quantitative estimate of drug-likeness (QED) is 0.0489. The Kier molecular flexibility index (Phi) is 15.4. The van der Waals surface area contributed by atoms with Gasteiger partial charge in [0.05, 0.1) is 26.4 Å². The third kappa shape index (κ3) is 11.2. The Hall–Kier alpha value is -3.88. The summed E-state index contributed by atoms with van der Waals surface area (Å²) in [6.07, 6.45) is 6.13. The van der Waals surface area contributed by atoms with E-state index < -0.39 is 12.2 Å². The summed E-state index contributed by atoms with van der Waals surface area (Å²) in [6.45, 7) is 14.7. The van der Waals surface area contributed by atoms with E-state index >= 15 is 0 Å². The Bertz CT molecular complexity index is 1400. The van der Waals surface area contributed by atoms with Gasteiger partial charge in [0.2, 0.25) is 0 Å². The zero-order chi connectivity index (χ0) is 32.4. The number of carbonyl (C=O) groups is 2. The van der Waals surface area contributed by atoms with Gasteiger partial charge in [-0.05, 0) is 25.8 Å². The van der Waals surface area contributed by atoms with Crippen LogP contribution in [0.2, 0.25) is 0 Å². The average Bonchev–Trinajstić information content (AvgIpc) is 3.04. The molecule has 0 aromatic heterocycles. The number of carbonyl (C=O) groups excluding carboxylic acids is 2. The minimum atomic E-state index is -0.595. The molecule has 0 saturated carbocycles. The van der Waals surface area contributed by atoms with Gasteiger partial charge in [0.25, 0.3) is 0 Å². The predicted molar refractivity (Wildman–Crippen MR) is 178 cm³/mol. The zero-order valence-corrected chi connectivity index (χ0v) is 27.0. The summed E-state index contributed by atoms with van der Waals surface area (Å²) in [5, 5.41) is 3.38. The van der Waals surface area contributed by atoms with Crippen molar-refractivity contribution in [3.63, 3.8) is 0 Å². The summed E-state index contributed by atoms with van der Waals surface area (Å²) in [5.41, 5.74) is 1.05. The number of aryl methyl sites for hydroxylation is 1. The molecule has 0 heterocycles. The Labute approximate surface area is 267 Å². The molecule has 3 aromatic rings. The van der Waals surface area contributed by atoms with Crippen molar-refractivity contribution in [3.05, 3.63) is 73.3 Å². The maximum absolute atomic E-state index is 12.5. The summed E-state index contributed by atoms with van der Waals surface area (Å²) in [7, 11) is 0. The Morgan fingerprint density at radius 3 is 1.62 bits per heavy atom. The van der Waals surface area contributed by atoms with Crippen LogP contribution >= 0.6 is 0 Å². The minimum absolute atomic E-state index is 0.110. The van der Waals surface area contributed by atoms with Gasteiger partial charge in [-0.3, -0.25) is 9.59 Å². The van der Waals surface area contributed by atoms with Gasteiger partial charge in [0.1, 0.15) is 24.7 Å². The standard InChI is InChI=1S/C37H48O8/c1-6-10-16-34(38)44-28(23-40-20-8-3)25-42-36-30-14-12-13-15-31(30)37(33-22-27(5)18-19-32(33)36)43-26-29(24-41-21-9-4)45-35(39)17-11-7-2/h8-9,12-15,18-19,22,28-29H,3-4,6-7,10-11,16-17,20-21,23-26H2,1-2,5H3. The molecule has 0 aliphatic carbocycles. The second kappa shape index (κ2) is 19.5. The molecular weight excluding hydrogens is 572 g/mol. The summed E-state index contributed by atoms with van der Waals surface area (Å²) < 4.78 is 35.7. The Morgan fingerprint density at radius 2 is 1.16 bits per heavy atom. The topological polar surface area (TPSA) is 89.5 Å². The molecule has 8 nitrogen and oxygen atoms in total. The Balaban J connectivity index is 1.94. The van der Waals surface area contributed by atoms with Crippen LogP contribution < -0.4 is 9.47 Å². The maximum atomic E-state index is 12.5. The second-order valence-electron chi connectivity index (χ2n) is 11.0. The van der Waals surface area contributed by atoms with Gasteiger partial charge in [0.15, 0.2) is 12.2 Å². The van der Waals surface area contributed by atoms with Crippen molar-refractivity contribution in [1.29, 1.82) is 0 Å². The Morgan fingerprint density at radius 1 is 0.689 bits per heavy atom. The summed E-state index contributed by atoms with van der Waals surface area (Å²) in [4.78, 5) is 25.0. The van der Waals surface area contributed by atoms with Crippen LogP contribution in [0.3, 0.4) is 0 Å². The van der Waals surface area contributed by atoms with E-state index in [2.05, 4.69) is 19.2 Å². The highest BCUT2D eigenvalue weighted by atomic mass is 16.6. The fourth-order valence-electron chi connectivity index (χ4n) is 4.81. The summed E-state index contributed by atoms with van der Waals surface area (Å²) in [6, 6.07) is 13.9. The molecule has 2 unspecified atom stereocenters. The predicted octanol–water partition coefficient (Wildman–Crippen LogP) is 7.67. The number of unbranched alkanes of at least 4 members (excludes halogenated alkanes) is 2. The molecule has 244 valence electrons. The number of hydrogen-bond donors (Lipinski definition) is 0. The van der Waals surface area contributed by atoms with Crippen LogP contribution in [0.15, 0.2) is 67.8 Å². The van der Waals surface area contributed by atoms with Crippen LogP contribution in [0.5, 0.6) is 11.5 Å². The molecule has 0 bridgehead atoms. The smallest absolute Gasteiger partial charge is 0.306 e. The first kappa shape index (κ1) is 35.6. The molecule has 2 atom stereocenters. The van der Waals surface area contributed by atoms with Crippen molar-refractivity contribution in [1.82, 2.24) is 0 Å². The van der Waals surface area contributed by atoms with Crippen molar-refractivity contribution in [3.8, 4) is 11.5 Å². The normalized spacial score (nSPS) is 12.4. The van der Waals surface area contributed by atoms with Crippen LogP contribution in [-0.4, -0.2) is 63.8 Å². The van der Waals surface area contributed by atoms with Gasteiger partial charge in [-0.1, -0.05) is 80.8 Å². The van der Waals surface area contributed by atoms with Crippen LogP contribution in [-0.2, 0) is 28.5 Å². The van der Waals surface area contributed by atoms with Crippen LogP contribution in [0.1, 0.15) is 57.9 Å². The molecule has 0 saturated heterocycles. The lowest BCUT2D eigenvalue weighted by Crippen LogP contribution is -2.30. The first-order valence-corrected chi connectivity index (χ1v) is 15.9.